The highest BCUT2D eigenvalue weighted by Crippen LogP contribution is 2.45. The van der Waals surface area contributed by atoms with Crippen LogP contribution in [0, 0.1) is 0 Å². The van der Waals surface area contributed by atoms with E-state index >= 15 is 0 Å². The first-order valence-corrected chi connectivity index (χ1v) is 4.57. The summed E-state index contributed by atoms with van der Waals surface area (Å²) in [7, 11) is 4.67. The van der Waals surface area contributed by atoms with E-state index in [0.29, 0.717) is 6.04 Å². The van der Waals surface area contributed by atoms with Gasteiger partial charge in [0.05, 0.1) is 25.7 Å². The number of quaternary nitrogens is 1. The predicted octanol–water partition coefficient (Wildman–Crippen LogP) is 0.715. The van der Waals surface area contributed by atoms with Gasteiger partial charge in [-0.3, -0.25) is 0 Å². The zero-order valence-electron chi connectivity index (χ0n) is 7.80. The molecule has 2 nitrogen and oxygen atoms in total. The number of hydrogen-bond acceptors (Lipinski definition) is 1. The molecule has 11 heavy (non-hydrogen) atoms. The average Bonchev–Trinajstić information content (AvgIpc) is 2.15. The molecule has 2 bridgehead atoms. The van der Waals surface area contributed by atoms with Crippen LogP contribution in [0.5, 0.6) is 0 Å². The van der Waals surface area contributed by atoms with Gasteiger partial charge in [-0.05, 0) is 6.92 Å². The predicted molar refractivity (Wildman–Crippen MR) is 46.1 cm³/mol. The quantitative estimate of drug-likeness (QED) is 0.512. The summed E-state index contributed by atoms with van der Waals surface area (Å²) in [6, 6.07) is 1.56. The lowest BCUT2D eigenvalue weighted by Gasteiger charge is -2.33. The number of fused-ring (bicyclic) bond motifs is 2. The van der Waals surface area contributed by atoms with E-state index in [9.17, 15) is 0 Å². The van der Waals surface area contributed by atoms with Crippen molar-refractivity contribution in [3.8, 4) is 0 Å². The van der Waals surface area contributed by atoms with Gasteiger partial charge in [0.2, 0.25) is 0 Å². The maximum atomic E-state index is 6.22. The van der Waals surface area contributed by atoms with Crippen LogP contribution < -0.4 is 5.73 Å². The van der Waals surface area contributed by atoms with Crippen molar-refractivity contribution in [3.63, 3.8) is 0 Å². The van der Waals surface area contributed by atoms with E-state index in [1.807, 2.05) is 0 Å². The molecule has 2 saturated heterocycles. The Labute approximate surface area is 69.0 Å². The summed E-state index contributed by atoms with van der Waals surface area (Å²) in [5, 5.41) is 0. The molecule has 2 heteroatoms. The van der Waals surface area contributed by atoms with Crippen molar-refractivity contribution < 1.29 is 4.48 Å². The van der Waals surface area contributed by atoms with Crippen LogP contribution >= 0.6 is 0 Å². The van der Waals surface area contributed by atoms with E-state index in [1.165, 1.54) is 23.7 Å². The van der Waals surface area contributed by atoms with Gasteiger partial charge in [-0.2, -0.15) is 0 Å². The number of likely N-dealkylation sites (N-methyl/N-ethyl adjacent to an activating group) is 1. The Morgan fingerprint density at radius 1 is 1.36 bits per heavy atom. The number of nitrogens with zero attached hydrogens (tertiary/aromatic N) is 1. The molecule has 0 saturated carbocycles. The lowest BCUT2D eigenvalue weighted by molar-refractivity contribution is -0.913. The standard InChI is InChI=1S/C9H19N2/c1-9(10)6-7-4-5-8(9)11(7,2)3/h7-8H,4-6,10H2,1-3H3/q+1. The Kier molecular flexibility index (Phi) is 1.24. The molecule has 2 rings (SSSR count). The van der Waals surface area contributed by atoms with E-state index < -0.39 is 0 Å². The van der Waals surface area contributed by atoms with E-state index in [-0.39, 0.29) is 5.54 Å². The van der Waals surface area contributed by atoms with E-state index in [4.69, 9.17) is 5.73 Å². The molecule has 0 aromatic carbocycles. The average molecular weight is 155 g/mol. The topological polar surface area (TPSA) is 26.0 Å². The molecule has 2 aliphatic heterocycles. The third kappa shape index (κ3) is 0.798. The van der Waals surface area contributed by atoms with Gasteiger partial charge in [0.15, 0.2) is 0 Å². The fourth-order valence-corrected chi connectivity index (χ4v) is 3.34. The fraction of sp³-hybridized carbons (Fsp3) is 1.00. The maximum absolute atomic E-state index is 6.22. The van der Waals surface area contributed by atoms with Crippen molar-refractivity contribution in [2.24, 2.45) is 5.73 Å². The highest BCUT2D eigenvalue weighted by molar-refractivity contribution is 5.01. The Balaban J connectivity index is 2.33. The second-order valence-electron chi connectivity index (χ2n) is 5.09. The van der Waals surface area contributed by atoms with Crippen LogP contribution in [0.25, 0.3) is 0 Å². The Bertz CT molecular complexity index is 184. The molecule has 2 aliphatic rings. The van der Waals surface area contributed by atoms with Crippen LogP contribution in [0.4, 0.5) is 0 Å². The van der Waals surface area contributed by atoms with Gasteiger partial charge in [-0.25, -0.2) is 0 Å². The smallest absolute Gasteiger partial charge is 0.107 e. The third-order valence-corrected chi connectivity index (χ3v) is 3.95. The van der Waals surface area contributed by atoms with E-state index in [0.717, 1.165) is 6.04 Å². The van der Waals surface area contributed by atoms with Crippen LogP contribution in [-0.4, -0.2) is 36.2 Å². The van der Waals surface area contributed by atoms with Crippen molar-refractivity contribution in [1.29, 1.82) is 0 Å². The molecule has 3 atom stereocenters. The Hall–Kier alpha value is -0.0800. The van der Waals surface area contributed by atoms with Crippen molar-refractivity contribution in [1.82, 2.24) is 0 Å². The first-order valence-electron chi connectivity index (χ1n) is 4.57. The van der Waals surface area contributed by atoms with Crippen LogP contribution in [0.3, 0.4) is 0 Å². The highest BCUT2D eigenvalue weighted by Gasteiger charge is 2.59. The zero-order valence-corrected chi connectivity index (χ0v) is 7.80. The second-order valence-corrected chi connectivity index (χ2v) is 5.09. The molecule has 64 valence electrons. The molecule has 2 heterocycles. The van der Waals surface area contributed by atoms with Crippen LogP contribution in [-0.2, 0) is 0 Å². The molecule has 0 aliphatic carbocycles. The summed E-state index contributed by atoms with van der Waals surface area (Å²) in [6.07, 6.45) is 3.96. The highest BCUT2D eigenvalue weighted by atomic mass is 15.4. The van der Waals surface area contributed by atoms with Crippen LogP contribution in [0.1, 0.15) is 26.2 Å². The first-order chi connectivity index (χ1) is 4.94. The SMILES string of the molecule is CC1(N)CC2CCC1[N+]2(C)C. The lowest BCUT2D eigenvalue weighted by atomic mass is 9.84. The Morgan fingerprint density at radius 2 is 2.00 bits per heavy atom. The largest absolute Gasteiger partial charge is 0.322 e. The van der Waals surface area contributed by atoms with Crippen LogP contribution in [0.2, 0.25) is 0 Å². The molecule has 0 amide bonds. The molecule has 0 radical (unpaired) electrons. The van der Waals surface area contributed by atoms with E-state index in [2.05, 4.69) is 21.0 Å². The molecular formula is C9H19N2+. The molecule has 2 N–H and O–H groups in total. The minimum Gasteiger partial charge on any atom is -0.322 e. The summed E-state index contributed by atoms with van der Waals surface area (Å²) in [5.74, 6) is 0. The summed E-state index contributed by atoms with van der Waals surface area (Å²) >= 11 is 0. The molecule has 2 fully saturated rings. The molecule has 0 spiro atoms. The molecular weight excluding hydrogens is 136 g/mol. The van der Waals surface area contributed by atoms with Gasteiger partial charge in [-0.15, -0.1) is 0 Å². The van der Waals surface area contributed by atoms with E-state index in [1.54, 1.807) is 0 Å². The van der Waals surface area contributed by atoms with Crippen molar-refractivity contribution in [2.45, 2.75) is 43.8 Å². The summed E-state index contributed by atoms with van der Waals surface area (Å²) in [4.78, 5) is 0. The number of rotatable bonds is 0. The van der Waals surface area contributed by atoms with Gasteiger partial charge in [0, 0.05) is 19.3 Å². The summed E-state index contributed by atoms with van der Waals surface area (Å²) < 4.78 is 1.17. The Morgan fingerprint density at radius 3 is 2.18 bits per heavy atom. The third-order valence-electron chi connectivity index (χ3n) is 3.95. The van der Waals surface area contributed by atoms with Gasteiger partial charge >= 0.3 is 0 Å². The zero-order chi connectivity index (χ0) is 8.28. The lowest BCUT2D eigenvalue weighted by Crippen LogP contribution is -2.53. The van der Waals surface area contributed by atoms with Gasteiger partial charge in [-0.1, -0.05) is 0 Å². The van der Waals surface area contributed by atoms with Gasteiger partial charge < -0.3 is 10.2 Å². The monoisotopic (exact) mass is 155 g/mol. The first kappa shape index (κ1) is 7.56. The minimum atomic E-state index is 0.117. The number of nitrogens with two attached hydrogens (primary N) is 1. The molecule has 3 unspecified atom stereocenters. The van der Waals surface area contributed by atoms with Gasteiger partial charge in [0.1, 0.15) is 6.04 Å². The fourth-order valence-electron chi connectivity index (χ4n) is 3.34. The maximum Gasteiger partial charge on any atom is 0.107 e. The normalized spacial score (nSPS) is 53.5. The van der Waals surface area contributed by atoms with Crippen molar-refractivity contribution in [2.75, 3.05) is 14.1 Å². The molecule has 0 aromatic rings. The molecule has 0 aromatic heterocycles. The second kappa shape index (κ2) is 1.80. The van der Waals surface area contributed by atoms with Gasteiger partial charge in [0.25, 0.3) is 0 Å². The van der Waals surface area contributed by atoms with Crippen molar-refractivity contribution >= 4 is 0 Å². The van der Waals surface area contributed by atoms with Crippen molar-refractivity contribution in [3.05, 3.63) is 0 Å². The number of hydrogen-bond donors (Lipinski definition) is 1. The van der Waals surface area contributed by atoms with Crippen LogP contribution in [0.15, 0.2) is 0 Å². The summed E-state index contributed by atoms with van der Waals surface area (Å²) in [5.41, 5.74) is 6.34. The summed E-state index contributed by atoms with van der Waals surface area (Å²) in [6.45, 7) is 2.22. The minimum absolute atomic E-state index is 0.117.